The molecule has 2 N–H and O–H groups in total. The number of ketones is 1. The van der Waals surface area contributed by atoms with Gasteiger partial charge in [-0.25, -0.2) is 0 Å². The van der Waals surface area contributed by atoms with Crippen LogP contribution < -0.4 is 5.73 Å². The number of Topliss-reactive ketones (excluding diaryl/α,β-unsaturated/α-hetero) is 1. The third-order valence-corrected chi connectivity index (χ3v) is 3.64. The highest BCUT2D eigenvalue weighted by atomic mass is 16.1. The molecule has 0 fully saturated rings. The first kappa shape index (κ1) is 14.7. The van der Waals surface area contributed by atoms with Crippen LogP contribution in [0.3, 0.4) is 0 Å². The Bertz CT molecular complexity index is 392. The highest BCUT2D eigenvalue weighted by Crippen LogP contribution is 2.28. The smallest absolute Gasteiger partial charge is 0.143 e. The Morgan fingerprint density at radius 1 is 1.28 bits per heavy atom. The predicted octanol–water partition coefficient (Wildman–Crippen LogP) is 3.94. The number of benzene rings is 1. The summed E-state index contributed by atoms with van der Waals surface area (Å²) in [7, 11) is 0. The lowest BCUT2D eigenvalue weighted by Gasteiger charge is -2.25. The van der Waals surface area contributed by atoms with Gasteiger partial charge in [0.25, 0.3) is 0 Å². The van der Waals surface area contributed by atoms with E-state index in [9.17, 15) is 4.79 Å². The van der Waals surface area contributed by atoms with Crippen LogP contribution in [0.25, 0.3) is 0 Å². The summed E-state index contributed by atoms with van der Waals surface area (Å²) in [6.07, 6.45) is 2.91. The van der Waals surface area contributed by atoms with Crippen molar-refractivity contribution in [1.82, 2.24) is 0 Å². The summed E-state index contributed by atoms with van der Waals surface area (Å²) in [4.78, 5) is 12.4. The molecular formula is C16H25NO. The third kappa shape index (κ3) is 3.59. The van der Waals surface area contributed by atoms with Crippen molar-refractivity contribution >= 4 is 11.5 Å². The Balaban J connectivity index is 2.79. The monoisotopic (exact) mass is 247 g/mol. The normalized spacial score (nSPS) is 13.3. The number of nitrogen functional groups attached to an aromatic ring is 1. The van der Waals surface area contributed by atoms with Gasteiger partial charge in [-0.15, -0.1) is 0 Å². The maximum atomic E-state index is 12.4. The fourth-order valence-corrected chi connectivity index (χ4v) is 2.23. The van der Waals surface area contributed by atoms with Gasteiger partial charge in [0.2, 0.25) is 0 Å². The van der Waals surface area contributed by atoms with Crippen LogP contribution in [-0.4, -0.2) is 5.78 Å². The van der Waals surface area contributed by atoms with Crippen molar-refractivity contribution in [2.24, 2.45) is 5.92 Å². The molecule has 0 aliphatic rings. The van der Waals surface area contributed by atoms with Gasteiger partial charge in [0.05, 0.1) is 0 Å². The summed E-state index contributed by atoms with van der Waals surface area (Å²) >= 11 is 0. The molecule has 0 heterocycles. The minimum absolute atomic E-state index is 0.313. The maximum Gasteiger partial charge on any atom is 0.143 e. The van der Waals surface area contributed by atoms with E-state index in [0.717, 1.165) is 24.1 Å². The first-order valence-electron chi connectivity index (χ1n) is 6.77. The molecule has 2 nitrogen and oxygen atoms in total. The third-order valence-electron chi connectivity index (χ3n) is 3.64. The molecule has 0 amide bonds. The van der Waals surface area contributed by atoms with Crippen molar-refractivity contribution in [3.05, 3.63) is 29.8 Å². The van der Waals surface area contributed by atoms with E-state index >= 15 is 0 Å². The zero-order chi connectivity index (χ0) is 13.8. The zero-order valence-electron chi connectivity index (χ0n) is 12.0. The molecule has 0 aliphatic carbocycles. The summed E-state index contributed by atoms with van der Waals surface area (Å²) in [6, 6.07) is 7.63. The van der Waals surface area contributed by atoms with E-state index in [1.807, 2.05) is 38.1 Å². The lowest BCUT2D eigenvalue weighted by Crippen LogP contribution is -2.30. The molecule has 1 rings (SSSR count). The zero-order valence-corrected chi connectivity index (χ0v) is 12.0. The average Bonchev–Trinajstić information content (AvgIpc) is 2.29. The number of carbonyl (C=O) groups is 1. The maximum absolute atomic E-state index is 12.4. The molecule has 1 aromatic rings. The summed E-state index contributed by atoms with van der Waals surface area (Å²) in [5, 5.41) is 0. The minimum atomic E-state index is -0.421. The van der Waals surface area contributed by atoms with Crippen molar-refractivity contribution < 1.29 is 4.79 Å². The number of rotatable bonds is 6. The van der Waals surface area contributed by atoms with Gasteiger partial charge in [-0.3, -0.25) is 4.79 Å². The first-order chi connectivity index (χ1) is 8.37. The van der Waals surface area contributed by atoms with Gasteiger partial charge in [0, 0.05) is 17.5 Å². The van der Waals surface area contributed by atoms with Crippen LogP contribution in [0.4, 0.5) is 5.69 Å². The number of anilines is 1. The summed E-state index contributed by atoms with van der Waals surface area (Å²) in [5.74, 6) is 0.781. The Morgan fingerprint density at radius 3 is 2.33 bits per heavy atom. The fourth-order valence-electron chi connectivity index (χ4n) is 2.23. The Kier molecular flexibility index (Phi) is 4.94. The number of hydrogen-bond acceptors (Lipinski definition) is 2. The molecule has 0 aliphatic heterocycles. The fraction of sp³-hybridized carbons (Fsp3) is 0.562. The second-order valence-electron chi connectivity index (χ2n) is 5.77. The van der Waals surface area contributed by atoms with E-state index in [4.69, 9.17) is 5.73 Å². The van der Waals surface area contributed by atoms with Crippen LogP contribution in [0.5, 0.6) is 0 Å². The van der Waals surface area contributed by atoms with E-state index < -0.39 is 5.41 Å². The molecule has 100 valence electrons. The summed E-state index contributed by atoms with van der Waals surface area (Å²) in [5.41, 5.74) is 7.04. The Labute approximate surface area is 111 Å². The van der Waals surface area contributed by atoms with E-state index in [-0.39, 0.29) is 0 Å². The number of carbonyl (C=O) groups excluding carboxylic acids is 1. The molecule has 0 spiro atoms. The quantitative estimate of drug-likeness (QED) is 0.774. The van der Waals surface area contributed by atoms with Crippen LogP contribution in [0.15, 0.2) is 24.3 Å². The van der Waals surface area contributed by atoms with Crippen molar-refractivity contribution in [1.29, 1.82) is 0 Å². The van der Waals surface area contributed by atoms with Crippen molar-refractivity contribution in [3.8, 4) is 0 Å². The van der Waals surface area contributed by atoms with E-state index in [1.165, 1.54) is 0 Å². The molecule has 0 saturated heterocycles. The second-order valence-corrected chi connectivity index (χ2v) is 5.77. The van der Waals surface area contributed by atoms with E-state index in [1.54, 1.807) is 0 Å². The molecule has 0 aromatic heterocycles. The molecule has 0 radical (unpaired) electrons. The van der Waals surface area contributed by atoms with Gasteiger partial charge in [-0.2, -0.15) is 0 Å². The summed E-state index contributed by atoms with van der Waals surface area (Å²) < 4.78 is 0. The standard InChI is InChI=1S/C16H25NO/c1-5-6-12(2)11-15(18)16(3,4)13-7-9-14(17)10-8-13/h7-10,12H,5-6,11,17H2,1-4H3. The van der Waals surface area contributed by atoms with Gasteiger partial charge in [0.15, 0.2) is 0 Å². The molecule has 1 unspecified atom stereocenters. The molecule has 0 bridgehead atoms. The van der Waals surface area contributed by atoms with Crippen LogP contribution >= 0.6 is 0 Å². The molecule has 18 heavy (non-hydrogen) atoms. The SMILES string of the molecule is CCCC(C)CC(=O)C(C)(C)c1ccc(N)cc1. The highest BCUT2D eigenvalue weighted by Gasteiger charge is 2.29. The van der Waals surface area contributed by atoms with Crippen molar-refractivity contribution in [2.45, 2.75) is 52.4 Å². The van der Waals surface area contributed by atoms with Crippen molar-refractivity contribution in [2.75, 3.05) is 5.73 Å². The van der Waals surface area contributed by atoms with Gasteiger partial charge in [-0.05, 0) is 37.5 Å². The molecule has 0 saturated carbocycles. The van der Waals surface area contributed by atoms with Crippen LogP contribution in [0.2, 0.25) is 0 Å². The Hall–Kier alpha value is -1.31. The van der Waals surface area contributed by atoms with Gasteiger partial charge < -0.3 is 5.73 Å². The lowest BCUT2D eigenvalue weighted by molar-refractivity contribution is -0.124. The predicted molar refractivity (Wildman–Crippen MR) is 77.6 cm³/mol. The summed E-state index contributed by atoms with van der Waals surface area (Å²) in [6.45, 7) is 8.31. The Morgan fingerprint density at radius 2 is 1.83 bits per heavy atom. The van der Waals surface area contributed by atoms with Crippen LogP contribution in [0.1, 0.15) is 52.5 Å². The lowest BCUT2D eigenvalue weighted by atomic mass is 9.77. The minimum Gasteiger partial charge on any atom is -0.399 e. The molecular weight excluding hydrogens is 222 g/mol. The second kappa shape index (κ2) is 6.03. The number of hydrogen-bond donors (Lipinski definition) is 1. The molecule has 1 atom stereocenters. The van der Waals surface area contributed by atoms with E-state index in [2.05, 4.69) is 13.8 Å². The van der Waals surface area contributed by atoms with Crippen LogP contribution in [-0.2, 0) is 10.2 Å². The highest BCUT2D eigenvalue weighted by molar-refractivity contribution is 5.89. The van der Waals surface area contributed by atoms with Gasteiger partial charge in [0.1, 0.15) is 5.78 Å². The number of nitrogens with two attached hydrogens (primary N) is 1. The largest absolute Gasteiger partial charge is 0.399 e. The van der Waals surface area contributed by atoms with Gasteiger partial charge in [-0.1, -0.05) is 38.8 Å². The molecule has 1 aromatic carbocycles. The van der Waals surface area contributed by atoms with Crippen LogP contribution in [0, 0.1) is 5.92 Å². The van der Waals surface area contributed by atoms with Gasteiger partial charge >= 0.3 is 0 Å². The first-order valence-corrected chi connectivity index (χ1v) is 6.77. The van der Waals surface area contributed by atoms with E-state index in [0.29, 0.717) is 18.1 Å². The topological polar surface area (TPSA) is 43.1 Å². The average molecular weight is 247 g/mol. The van der Waals surface area contributed by atoms with Crippen molar-refractivity contribution in [3.63, 3.8) is 0 Å². The molecule has 2 heteroatoms.